The van der Waals surface area contributed by atoms with Crippen LogP contribution in [0.1, 0.15) is 15.9 Å². The van der Waals surface area contributed by atoms with E-state index in [1.54, 1.807) is 12.1 Å². The predicted octanol–water partition coefficient (Wildman–Crippen LogP) is 2.54. The van der Waals surface area contributed by atoms with Gasteiger partial charge in [-0.1, -0.05) is 11.6 Å². The van der Waals surface area contributed by atoms with E-state index >= 15 is 0 Å². The van der Waals surface area contributed by atoms with E-state index in [9.17, 15) is 10.0 Å². The molecule has 0 bridgehead atoms. The highest BCUT2D eigenvalue weighted by Crippen LogP contribution is 2.31. The van der Waals surface area contributed by atoms with E-state index in [0.29, 0.717) is 26.8 Å². The average Bonchev–Trinajstić information content (AvgIpc) is 2.43. The van der Waals surface area contributed by atoms with Crippen molar-refractivity contribution < 1.29 is 14.3 Å². The number of aromatic nitrogens is 1. The van der Waals surface area contributed by atoms with Crippen LogP contribution in [0.3, 0.4) is 0 Å². The third-order valence-electron chi connectivity index (χ3n) is 2.79. The molecule has 0 atom stereocenters. The molecule has 0 spiro atoms. The number of nitrogens with zero attached hydrogens (tertiary/aromatic N) is 1. The van der Waals surface area contributed by atoms with E-state index in [-0.39, 0.29) is 5.91 Å². The predicted molar refractivity (Wildman–Crippen MR) is 76.1 cm³/mol. The summed E-state index contributed by atoms with van der Waals surface area (Å²) in [5.74, 6) is 0.148. The SMILES string of the molecule is COc1cc(Cl)c(C)cc1NC(=O)c1cc[n+]([O-])cc1. The molecule has 2 aromatic rings. The second-order valence-electron chi connectivity index (χ2n) is 4.20. The Balaban J connectivity index is 2.27. The van der Waals surface area contributed by atoms with Crippen LogP contribution in [-0.4, -0.2) is 13.0 Å². The third-order valence-corrected chi connectivity index (χ3v) is 3.20. The summed E-state index contributed by atoms with van der Waals surface area (Å²) < 4.78 is 5.80. The number of methoxy groups -OCH3 is 1. The number of nitrogens with one attached hydrogen (secondary N) is 1. The molecule has 20 heavy (non-hydrogen) atoms. The van der Waals surface area contributed by atoms with Gasteiger partial charge >= 0.3 is 0 Å². The Bertz CT molecular complexity index is 642. The highest BCUT2D eigenvalue weighted by atomic mass is 35.5. The Kier molecular flexibility index (Phi) is 4.10. The minimum absolute atomic E-state index is 0.328. The molecule has 0 saturated heterocycles. The van der Waals surface area contributed by atoms with Gasteiger partial charge in [-0.15, -0.1) is 0 Å². The van der Waals surface area contributed by atoms with Crippen molar-refractivity contribution in [3.8, 4) is 5.75 Å². The van der Waals surface area contributed by atoms with Gasteiger partial charge in [-0.2, -0.15) is 4.73 Å². The van der Waals surface area contributed by atoms with Crippen molar-refractivity contribution in [2.45, 2.75) is 6.92 Å². The minimum Gasteiger partial charge on any atom is -0.619 e. The van der Waals surface area contributed by atoms with Gasteiger partial charge in [0.25, 0.3) is 5.91 Å². The number of rotatable bonds is 3. The largest absolute Gasteiger partial charge is 0.619 e. The number of benzene rings is 1. The van der Waals surface area contributed by atoms with Gasteiger partial charge in [-0.3, -0.25) is 4.79 Å². The summed E-state index contributed by atoms with van der Waals surface area (Å²) in [6, 6.07) is 6.26. The first-order valence-corrected chi connectivity index (χ1v) is 6.23. The molecule has 0 saturated carbocycles. The van der Waals surface area contributed by atoms with E-state index in [0.717, 1.165) is 5.56 Å². The number of aryl methyl sites for hydroxylation is 1. The highest BCUT2D eigenvalue weighted by Gasteiger charge is 2.12. The fourth-order valence-corrected chi connectivity index (χ4v) is 1.84. The lowest BCUT2D eigenvalue weighted by molar-refractivity contribution is -0.605. The molecule has 1 amide bonds. The maximum Gasteiger partial charge on any atom is 0.256 e. The first kappa shape index (κ1) is 14.1. The van der Waals surface area contributed by atoms with Crippen molar-refractivity contribution in [3.63, 3.8) is 0 Å². The van der Waals surface area contributed by atoms with Gasteiger partial charge in [0, 0.05) is 23.2 Å². The van der Waals surface area contributed by atoms with E-state index < -0.39 is 0 Å². The Morgan fingerprint density at radius 3 is 2.60 bits per heavy atom. The van der Waals surface area contributed by atoms with Crippen molar-refractivity contribution in [2.75, 3.05) is 12.4 Å². The average molecular weight is 293 g/mol. The van der Waals surface area contributed by atoms with Gasteiger partial charge in [0.05, 0.1) is 18.4 Å². The number of pyridine rings is 1. The molecular formula is C14H13ClN2O3. The van der Waals surface area contributed by atoms with Crippen LogP contribution < -0.4 is 14.8 Å². The number of halogens is 1. The molecule has 104 valence electrons. The molecule has 0 aliphatic rings. The molecule has 6 heteroatoms. The Labute approximate surface area is 121 Å². The highest BCUT2D eigenvalue weighted by molar-refractivity contribution is 6.31. The lowest BCUT2D eigenvalue weighted by atomic mass is 10.2. The summed E-state index contributed by atoms with van der Waals surface area (Å²) in [7, 11) is 1.50. The number of carbonyl (C=O) groups is 1. The standard InChI is InChI=1S/C14H13ClN2O3/c1-9-7-12(13(20-2)8-11(9)15)16-14(18)10-3-5-17(19)6-4-10/h3-8H,1-2H3,(H,16,18). The summed E-state index contributed by atoms with van der Waals surface area (Å²) in [6.45, 7) is 1.83. The Morgan fingerprint density at radius 2 is 2.00 bits per heavy atom. The van der Waals surface area contributed by atoms with Crippen LogP contribution in [0.15, 0.2) is 36.7 Å². The van der Waals surface area contributed by atoms with Crippen molar-refractivity contribution >= 4 is 23.2 Å². The van der Waals surface area contributed by atoms with E-state index in [1.807, 2.05) is 6.92 Å². The first-order chi connectivity index (χ1) is 9.51. The molecule has 0 radical (unpaired) electrons. The molecule has 0 unspecified atom stereocenters. The van der Waals surface area contributed by atoms with E-state index in [2.05, 4.69) is 5.32 Å². The van der Waals surface area contributed by atoms with Gasteiger partial charge in [0.15, 0.2) is 12.4 Å². The van der Waals surface area contributed by atoms with Crippen LogP contribution in [0.25, 0.3) is 0 Å². The number of amides is 1. The van der Waals surface area contributed by atoms with Gasteiger partial charge in [0.2, 0.25) is 0 Å². The number of hydrogen-bond donors (Lipinski definition) is 1. The van der Waals surface area contributed by atoms with Gasteiger partial charge in [0.1, 0.15) is 5.75 Å². The van der Waals surface area contributed by atoms with Crippen molar-refractivity contribution in [3.05, 3.63) is 58.0 Å². The van der Waals surface area contributed by atoms with Crippen LogP contribution in [0.4, 0.5) is 5.69 Å². The molecule has 0 aliphatic heterocycles. The number of ether oxygens (including phenoxy) is 1. The maximum absolute atomic E-state index is 12.1. The maximum atomic E-state index is 12.1. The summed E-state index contributed by atoms with van der Waals surface area (Å²) in [4.78, 5) is 12.1. The van der Waals surface area contributed by atoms with Crippen LogP contribution in [0.5, 0.6) is 5.75 Å². The summed E-state index contributed by atoms with van der Waals surface area (Å²) in [6.07, 6.45) is 2.53. The summed E-state index contributed by atoms with van der Waals surface area (Å²) in [5, 5.41) is 14.2. The fourth-order valence-electron chi connectivity index (χ4n) is 1.69. The zero-order valence-electron chi connectivity index (χ0n) is 11.0. The minimum atomic E-state index is -0.328. The lowest BCUT2D eigenvalue weighted by Crippen LogP contribution is -2.25. The van der Waals surface area contributed by atoms with Crippen LogP contribution in [0.2, 0.25) is 5.02 Å². The fraction of sp³-hybridized carbons (Fsp3) is 0.143. The van der Waals surface area contributed by atoms with Crippen LogP contribution >= 0.6 is 11.6 Å². The Hall–Kier alpha value is -2.27. The van der Waals surface area contributed by atoms with Gasteiger partial charge in [-0.05, 0) is 18.6 Å². The lowest BCUT2D eigenvalue weighted by Gasteiger charge is -2.12. The number of anilines is 1. The molecule has 1 N–H and O–H groups in total. The number of carbonyl (C=O) groups excluding carboxylic acids is 1. The zero-order valence-corrected chi connectivity index (χ0v) is 11.8. The number of hydrogen-bond acceptors (Lipinski definition) is 3. The smallest absolute Gasteiger partial charge is 0.256 e. The quantitative estimate of drug-likeness (QED) is 0.698. The van der Waals surface area contributed by atoms with Crippen molar-refractivity contribution in [1.29, 1.82) is 0 Å². The van der Waals surface area contributed by atoms with Gasteiger partial charge < -0.3 is 15.3 Å². The first-order valence-electron chi connectivity index (χ1n) is 5.85. The molecule has 2 rings (SSSR count). The molecule has 1 heterocycles. The third kappa shape index (κ3) is 3.00. The molecule has 0 fully saturated rings. The van der Waals surface area contributed by atoms with E-state index in [1.165, 1.54) is 31.6 Å². The van der Waals surface area contributed by atoms with E-state index in [4.69, 9.17) is 16.3 Å². The summed E-state index contributed by atoms with van der Waals surface area (Å²) >= 11 is 6.01. The van der Waals surface area contributed by atoms with Crippen LogP contribution in [0, 0.1) is 12.1 Å². The normalized spacial score (nSPS) is 10.2. The Morgan fingerprint density at radius 1 is 1.35 bits per heavy atom. The topological polar surface area (TPSA) is 65.3 Å². The molecule has 1 aromatic carbocycles. The molecule has 1 aromatic heterocycles. The molecular weight excluding hydrogens is 280 g/mol. The van der Waals surface area contributed by atoms with Crippen molar-refractivity contribution in [1.82, 2.24) is 0 Å². The second-order valence-corrected chi connectivity index (χ2v) is 4.61. The summed E-state index contributed by atoms with van der Waals surface area (Å²) in [5.41, 5.74) is 1.73. The van der Waals surface area contributed by atoms with Crippen LogP contribution in [-0.2, 0) is 0 Å². The molecule has 5 nitrogen and oxygen atoms in total. The zero-order chi connectivity index (χ0) is 14.7. The monoisotopic (exact) mass is 292 g/mol. The second kappa shape index (κ2) is 5.79. The van der Waals surface area contributed by atoms with Gasteiger partial charge in [-0.25, -0.2) is 0 Å². The molecule has 0 aliphatic carbocycles. The van der Waals surface area contributed by atoms with Crippen molar-refractivity contribution in [2.24, 2.45) is 0 Å².